The summed E-state index contributed by atoms with van der Waals surface area (Å²) in [4.78, 5) is 6.78. The van der Waals surface area contributed by atoms with Crippen LogP contribution < -0.4 is 5.32 Å². The predicted octanol–water partition coefficient (Wildman–Crippen LogP) is 3.45. The Kier molecular flexibility index (Phi) is 3.88. The molecular weight excluding hydrogens is 224 g/mol. The Morgan fingerprint density at radius 3 is 3.00 bits per heavy atom. The van der Waals surface area contributed by atoms with E-state index in [-0.39, 0.29) is 0 Å². The highest BCUT2D eigenvalue weighted by atomic mass is 32.1. The van der Waals surface area contributed by atoms with E-state index >= 15 is 0 Å². The number of aromatic nitrogens is 1. The molecular formula is C11H14N2S2. The molecule has 0 saturated heterocycles. The first-order valence-electron chi connectivity index (χ1n) is 5.04. The van der Waals surface area contributed by atoms with Crippen molar-refractivity contribution in [1.29, 1.82) is 0 Å². The van der Waals surface area contributed by atoms with Crippen LogP contribution >= 0.6 is 22.7 Å². The maximum Gasteiger partial charge on any atom is 0.0794 e. The smallest absolute Gasteiger partial charge is 0.0794 e. The van der Waals surface area contributed by atoms with Gasteiger partial charge >= 0.3 is 0 Å². The van der Waals surface area contributed by atoms with Crippen molar-refractivity contribution >= 4 is 22.7 Å². The molecule has 0 saturated carbocycles. The number of nitrogens with one attached hydrogen (secondary N) is 1. The molecule has 2 aromatic rings. The molecule has 80 valence electrons. The number of hydrogen-bond donors (Lipinski definition) is 1. The second kappa shape index (κ2) is 5.39. The minimum Gasteiger partial charge on any atom is -0.304 e. The Morgan fingerprint density at radius 1 is 1.47 bits per heavy atom. The van der Waals surface area contributed by atoms with Crippen molar-refractivity contribution < 1.29 is 0 Å². The first-order chi connectivity index (χ1) is 7.40. The van der Waals surface area contributed by atoms with Gasteiger partial charge in [0.15, 0.2) is 0 Å². The fraction of sp³-hybridized carbons (Fsp3) is 0.364. The van der Waals surface area contributed by atoms with E-state index in [1.54, 1.807) is 11.3 Å². The highest BCUT2D eigenvalue weighted by molar-refractivity contribution is 7.10. The van der Waals surface area contributed by atoms with Gasteiger partial charge in [-0.25, -0.2) is 0 Å². The molecule has 1 unspecified atom stereocenters. The first kappa shape index (κ1) is 10.8. The van der Waals surface area contributed by atoms with Crippen LogP contribution in [0.5, 0.6) is 0 Å². The molecule has 0 spiro atoms. The fourth-order valence-corrected chi connectivity index (χ4v) is 2.92. The number of thiophene rings is 1. The van der Waals surface area contributed by atoms with Crippen LogP contribution in [0.4, 0.5) is 0 Å². The van der Waals surface area contributed by atoms with Crippen molar-refractivity contribution in [3.63, 3.8) is 0 Å². The highest BCUT2D eigenvalue weighted by Crippen LogP contribution is 2.22. The Morgan fingerprint density at radius 2 is 2.40 bits per heavy atom. The second-order valence-corrected chi connectivity index (χ2v) is 5.28. The summed E-state index contributed by atoms with van der Waals surface area (Å²) in [6.45, 7) is 3.13. The number of rotatable bonds is 5. The Bertz CT molecular complexity index is 367. The quantitative estimate of drug-likeness (QED) is 0.863. The van der Waals surface area contributed by atoms with Crippen LogP contribution in [-0.2, 0) is 6.54 Å². The zero-order valence-corrected chi connectivity index (χ0v) is 10.3. The van der Waals surface area contributed by atoms with Gasteiger partial charge in [0.25, 0.3) is 0 Å². The summed E-state index contributed by atoms with van der Waals surface area (Å²) < 4.78 is 0. The normalized spacial score (nSPS) is 12.9. The Balaban J connectivity index is 1.92. The molecule has 15 heavy (non-hydrogen) atoms. The molecule has 0 radical (unpaired) electrons. The monoisotopic (exact) mass is 238 g/mol. The van der Waals surface area contributed by atoms with Crippen molar-refractivity contribution in [3.8, 4) is 0 Å². The SMILES string of the molecule is CCC(NCc1cncs1)c1cccs1. The molecule has 4 heteroatoms. The molecule has 0 aromatic carbocycles. The van der Waals surface area contributed by atoms with E-state index < -0.39 is 0 Å². The van der Waals surface area contributed by atoms with Gasteiger partial charge in [-0.15, -0.1) is 22.7 Å². The van der Waals surface area contributed by atoms with Crippen LogP contribution in [0.1, 0.15) is 29.1 Å². The van der Waals surface area contributed by atoms with Crippen molar-refractivity contribution in [1.82, 2.24) is 10.3 Å². The van der Waals surface area contributed by atoms with Crippen molar-refractivity contribution in [3.05, 3.63) is 39.0 Å². The van der Waals surface area contributed by atoms with Crippen LogP contribution in [0.2, 0.25) is 0 Å². The van der Waals surface area contributed by atoms with Crippen LogP contribution in [0.3, 0.4) is 0 Å². The molecule has 0 aliphatic rings. The van der Waals surface area contributed by atoms with Gasteiger partial charge in [0, 0.05) is 28.5 Å². The van der Waals surface area contributed by atoms with Crippen LogP contribution in [0.25, 0.3) is 0 Å². The Labute approximate surface area is 98.0 Å². The lowest BCUT2D eigenvalue weighted by Gasteiger charge is -2.14. The van der Waals surface area contributed by atoms with Gasteiger partial charge in [-0.2, -0.15) is 0 Å². The molecule has 0 bridgehead atoms. The van der Waals surface area contributed by atoms with Crippen LogP contribution in [-0.4, -0.2) is 4.98 Å². The molecule has 2 nitrogen and oxygen atoms in total. The van der Waals surface area contributed by atoms with Crippen LogP contribution in [0, 0.1) is 0 Å². The molecule has 0 fully saturated rings. The molecule has 0 aliphatic heterocycles. The molecule has 2 aromatic heterocycles. The predicted molar refractivity (Wildman–Crippen MR) is 66.3 cm³/mol. The maximum absolute atomic E-state index is 4.07. The van der Waals surface area contributed by atoms with Gasteiger partial charge in [-0.05, 0) is 17.9 Å². The zero-order valence-electron chi connectivity index (χ0n) is 8.64. The van der Waals surface area contributed by atoms with Gasteiger partial charge in [0.2, 0.25) is 0 Å². The van der Waals surface area contributed by atoms with Gasteiger partial charge in [-0.3, -0.25) is 4.98 Å². The summed E-state index contributed by atoms with van der Waals surface area (Å²) in [6, 6.07) is 4.78. The van der Waals surface area contributed by atoms with E-state index in [1.807, 2.05) is 23.0 Å². The minimum atomic E-state index is 0.479. The van der Waals surface area contributed by atoms with Gasteiger partial charge in [-0.1, -0.05) is 13.0 Å². The number of thiazole rings is 1. The van der Waals surface area contributed by atoms with E-state index in [4.69, 9.17) is 0 Å². The third kappa shape index (κ3) is 2.87. The van der Waals surface area contributed by atoms with Gasteiger partial charge in [0.1, 0.15) is 0 Å². The Hall–Kier alpha value is -0.710. The largest absolute Gasteiger partial charge is 0.304 e. The molecule has 1 atom stereocenters. The fourth-order valence-electron chi connectivity index (χ4n) is 1.49. The van der Waals surface area contributed by atoms with E-state index in [0.717, 1.165) is 13.0 Å². The molecule has 1 N–H and O–H groups in total. The van der Waals surface area contributed by atoms with Gasteiger partial charge in [0.05, 0.1) is 5.51 Å². The first-order valence-corrected chi connectivity index (χ1v) is 6.80. The third-order valence-electron chi connectivity index (χ3n) is 2.30. The molecule has 2 rings (SSSR count). The summed E-state index contributed by atoms with van der Waals surface area (Å²) in [5.41, 5.74) is 1.88. The maximum atomic E-state index is 4.07. The summed E-state index contributed by atoms with van der Waals surface area (Å²) in [5, 5.41) is 5.69. The second-order valence-electron chi connectivity index (χ2n) is 3.32. The van der Waals surface area contributed by atoms with Gasteiger partial charge < -0.3 is 5.32 Å². The van der Waals surface area contributed by atoms with E-state index in [9.17, 15) is 0 Å². The summed E-state index contributed by atoms with van der Waals surface area (Å²) in [6.07, 6.45) is 3.05. The van der Waals surface area contributed by atoms with E-state index in [0.29, 0.717) is 6.04 Å². The van der Waals surface area contributed by atoms with Crippen LogP contribution in [0.15, 0.2) is 29.2 Å². The van der Waals surface area contributed by atoms with E-state index in [1.165, 1.54) is 9.75 Å². The highest BCUT2D eigenvalue weighted by Gasteiger charge is 2.09. The lowest BCUT2D eigenvalue weighted by Crippen LogP contribution is -2.18. The third-order valence-corrected chi connectivity index (χ3v) is 4.07. The lowest BCUT2D eigenvalue weighted by atomic mass is 10.2. The topological polar surface area (TPSA) is 24.9 Å². The van der Waals surface area contributed by atoms with E-state index in [2.05, 4.69) is 34.7 Å². The number of hydrogen-bond acceptors (Lipinski definition) is 4. The van der Waals surface area contributed by atoms with Crippen molar-refractivity contribution in [2.45, 2.75) is 25.9 Å². The minimum absolute atomic E-state index is 0.479. The zero-order chi connectivity index (χ0) is 10.5. The van der Waals surface area contributed by atoms with Crippen molar-refractivity contribution in [2.75, 3.05) is 0 Å². The lowest BCUT2D eigenvalue weighted by molar-refractivity contribution is 0.529. The standard InChI is InChI=1S/C11H14N2S2/c1-2-10(11-4-3-5-14-11)13-7-9-6-12-8-15-9/h3-6,8,10,13H,2,7H2,1H3. The average molecular weight is 238 g/mol. The molecule has 2 heterocycles. The molecule has 0 amide bonds. The number of nitrogens with zero attached hydrogens (tertiary/aromatic N) is 1. The van der Waals surface area contributed by atoms with Crippen molar-refractivity contribution in [2.24, 2.45) is 0 Å². The average Bonchev–Trinajstić information content (AvgIpc) is 2.90. The summed E-state index contributed by atoms with van der Waals surface area (Å²) >= 11 is 3.52. The summed E-state index contributed by atoms with van der Waals surface area (Å²) in [7, 11) is 0. The molecule has 0 aliphatic carbocycles. The summed E-state index contributed by atoms with van der Waals surface area (Å²) in [5.74, 6) is 0.